The van der Waals surface area contributed by atoms with E-state index < -0.39 is 24.7 Å². The van der Waals surface area contributed by atoms with Gasteiger partial charge in [-0.3, -0.25) is 0 Å². The van der Waals surface area contributed by atoms with E-state index in [-0.39, 0.29) is 10.6 Å². The Morgan fingerprint density at radius 2 is 1.82 bits per heavy atom. The monoisotopic (exact) mass is 330 g/mol. The summed E-state index contributed by atoms with van der Waals surface area (Å²) in [6.45, 7) is 10.2. The summed E-state index contributed by atoms with van der Waals surface area (Å²) in [5.41, 5.74) is -0.606. The highest BCUT2D eigenvalue weighted by molar-refractivity contribution is 6.62. The third-order valence-electron chi connectivity index (χ3n) is 4.37. The standard InChI is InChI=1S/C16H22BClF2O2/c1-10(2)9-16(5)15(3,4)21-17(22-16)11-6-7-13(18)12(8-11)14(19)20/h6-8,10,14H,9H2,1-5H3. The Bertz CT molecular complexity index is 551. The molecule has 1 fully saturated rings. The fourth-order valence-electron chi connectivity index (χ4n) is 2.88. The second kappa shape index (κ2) is 6.10. The third kappa shape index (κ3) is 3.31. The van der Waals surface area contributed by atoms with Crippen molar-refractivity contribution < 1.29 is 18.1 Å². The van der Waals surface area contributed by atoms with Crippen LogP contribution in [0.2, 0.25) is 5.02 Å². The van der Waals surface area contributed by atoms with E-state index >= 15 is 0 Å². The highest BCUT2D eigenvalue weighted by atomic mass is 35.5. The van der Waals surface area contributed by atoms with E-state index in [2.05, 4.69) is 13.8 Å². The summed E-state index contributed by atoms with van der Waals surface area (Å²) in [4.78, 5) is 0. The van der Waals surface area contributed by atoms with Crippen LogP contribution >= 0.6 is 11.6 Å². The second-order valence-electron chi connectivity index (χ2n) is 6.99. The van der Waals surface area contributed by atoms with E-state index in [9.17, 15) is 8.78 Å². The predicted molar refractivity (Wildman–Crippen MR) is 85.9 cm³/mol. The molecule has 0 bridgehead atoms. The molecule has 0 amide bonds. The van der Waals surface area contributed by atoms with Crippen LogP contribution in [0, 0.1) is 5.92 Å². The van der Waals surface area contributed by atoms with E-state index in [1.807, 2.05) is 20.8 Å². The van der Waals surface area contributed by atoms with Crippen LogP contribution in [0.3, 0.4) is 0 Å². The van der Waals surface area contributed by atoms with Crippen LogP contribution in [-0.4, -0.2) is 18.3 Å². The fourth-order valence-corrected chi connectivity index (χ4v) is 3.08. The zero-order valence-corrected chi connectivity index (χ0v) is 14.4. The zero-order valence-electron chi connectivity index (χ0n) is 13.6. The molecule has 6 heteroatoms. The van der Waals surface area contributed by atoms with Crippen molar-refractivity contribution in [1.29, 1.82) is 0 Å². The molecular formula is C16H22BClF2O2. The summed E-state index contributed by atoms with van der Waals surface area (Å²) in [6, 6.07) is 4.52. The van der Waals surface area contributed by atoms with Crippen molar-refractivity contribution in [1.82, 2.24) is 0 Å². The zero-order chi connectivity index (χ0) is 16.7. The van der Waals surface area contributed by atoms with Gasteiger partial charge < -0.3 is 9.31 Å². The molecule has 1 saturated heterocycles. The van der Waals surface area contributed by atoms with Crippen LogP contribution in [0.15, 0.2) is 18.2 Å². The summed E-state index contributed by atoms with van der Waals surface area (Å²) < 4.78 is 38.2. The van der Waals surface area contributed by atoms with E-state index in [1.165, 1.54) is 12.1 Å². The van der Waals surface area contributed by atoms with Crippen molar-refractivity contribution >= 4 is 24.2 Å². The minimum atomic E-state index is -2.62. The summed E-state index contributed by atoms with van der Waals surface area (Å²) in [5, 5.41) is 0.0564. The van der Waals surface area contributed by atoms with Crippen molar-refractivity contribution in [3.8, 4) is 0 Å². The molecule has 1 aromatic rings. The molecule has 2 nitrogen and oxygen atoms in total. The van der Waals surface area contributed by atoms with Crippen molar-refractivity contribution in [2.75, 3.05) is 0 Å². The summed E-state index contributed by atoms with van der Waals surface area (Å²) in [5.74, 6) is 0.438. The van der Waals surface area contributed by atoms with Gasteiger partial charge in [-0.1, -0.05) is 37.6 Å². The lowest BCUT2D eigenvalue weighted by atomic mass is 9.78. The van der Waals surface area contributed by atoms with Crippen molar-refractivity contribution in [3.05, 3.63) is 28.8 Å². The molecule has 2 rings (SSSR count). The molecule has 22 heavy (non-hydrogen) atoms. The Balaban J connectivity index is 2.30. The van der Waals surface area contributed by atoms with Crippen LogP contribution in [0.1, 0.15) is 53.0 Å². The minimum Gasteiger partial charge on any atom is -0.399 e. The number of benzene rings is 1. The molecule has 1 unspecified atom stereocenters. The number of hydrogen-bond donors (Lipinski definition) is 0. The van der Waals surface area contributed by atoms with Gasteiger partial charge in [0.25, 0.3) is 6.43 Å². The van der Waals surface area contributed by atoms with Crippen LogP contribution < -0.4 is 5.46 Å². The molecule has 0 aromatic heterocycles. The molecule has 1 aromatic carbocycles. The van der Waals surface area contributed by atoms with Gasteiger partial charge >= 0.3 is 7.12 Å². The third-order valence-corrected chi connectivity index (χ3v) is 4.71. The van der Waals surface area contributed by atoms with Gasteiger partial charge in [-0.25, -0.2) is 8.78 Å². The van der Waals surface area contributed by atoms with E-state index in [0.717, 1.165) is 6.42 Å². The van der Waals surface area contributed by atoms with Gasteiger partial charge in [-0.15, -0.1) is 0 Å². The average molecular weight is 331 g/mol. The Kier molecular flexibility index (Phi) is 4.91. The summed E-state index contributed by atoms with van der Waals surface area (Å²) >= 11 is 5.82. The highest BCUT2D eigenvalue weighted by Crippen LogP contribution is 2.41. The summed E-state index contributed by atoms with van der Waals surface area (Å²) in [7, 11) is -0.659. The van der Waals surface area contributed by atoms with E-state index in [4.69, 9.17) is 20.9 Å². The molecule has 0 radical (unpaired) electrons. The van der Waals surface area contributed by atoms with Crippen molar-refractivity contribution in [2.45, 2.75) is 58.7 Å². The van der Waals surface area contributed by atoms with E-state index in [1.54, 1.807) is 6.07 Å². The first kappa shape index (κ1) is 17.7. The van der Waals surface area contributed by atoms with Gasteiger partial charge in [0.2, 0.25) is 0 Å². The number of hydrogen-bond acceptors (Lipinski definition) is 2. The molecule has 1 heterocycles. The normalized spacial score (nSPS) is 24.5. The smallest absolute Gasteiger partial charge is 0.399 e. The lowest BCUT2D eigenvalue weighted by Gasteiger charge is -2.37. The minimum absolute atomic E-state index is 0.0564. The Labute approximate surface area is 136 Å². The molecule has 122 valence electrons. The Morgan fingerprint density at radius 1 is 1.18 bits per heavy atom. The maximum Gasteiger partial charge on any atom is 0.494 e. The first-order valence-electron chi connectivity index (χ1n) is 7.49. The van der Waals surface area contributed by atoms with Gasteiger partial charge in [0, 0.05) is 10.6 Å². The fraction of sp³-hybridized carbons (Fsp3) is 0.625. The topological polar surface area (TPSA) is 18.5 Å². The van der Waals surface area contributed by atoms with Gasteiger partial charge in [0.05, 0.1) is 11.2 Å². The largest absolute Gasteiger partial charge is 0.494 e. The van der Waals surface area contributed by atoms with Crippen LogP contribution in [-0.2, 0) is 9.31 Å². The molecule has 1 atom stereocenters. The van der Waals surface area contributed by atoms with E-state index in [0.29, 0.717) is 11.4 Å². The lowest BCUT2D eigenvalue weighted by Crippen LogP contribution is -2.45. The van der Waals surface area contributed by atoms with Crippen molar-refractivity contribution in [2.24, 2.45) is 5.92 Å². The van der Waals surface area contributed by atoms with Gasteiger partial charge in [0.1, 0.15) is 0 Å². The molecule has 1 aliphatic rings. The first-order chi connectivity index (χ1) is 10.1. The summed E-state index contributed by atoms with van der Waals surface area (Å²) in [6.07, 6.45) is -1.80. The van der Waals surface area contributed by atoms with Crippen molar-refractivity contribution in [3.63, 3.8) is 0 Å². The number of halogens is 3. The van der Waals surface area contributed by atoms with Gasteiger partial charge in [-0.05, 0) is 44.6 Å². The SMILES string of the molecule is CC(C)CC1(C)OB(c2ccc(Cl)c(C(F)F)c2)OC1(C)C. The first-order valence-corrected chi connectivity index (χ1v) is 7.86. The van der Waals surface area contributed by atoms with Gasteiger partial charge in [-0.2, -0.15) is 0 Å². The average Bonchev–Trinajstić information content (AvgIpc) is 2.59. The molecule has 0 aliphatic carbocycles. The number of rotatable bonds is 4. The lowest BCUT2D eigenvalue weighted by molar-refractivity contribution is -0.0239. The molecular weight excluding hydrogens is 308 g/mol. The second-order valence-corrected chi connectivity index (χ2v) is 7.40. The quantitative estimate of drug-likeness (QED) is 0.751. The highest BCUT2D eigenvalue weighted by Gasteiger charge is 2.54. The molecule has 0 saturated carbocycles. The van der Waals surface area contributed by atoms with Crippen LogP contribution in [0.4, 0.5) is 8.78 Å². The van der Waals surface area contributed by atoms with Gasteiger partial charge in [0.15, 0.2) is 0 Å². The maximum absolute atomic E-state index is 13.0. The molecule has 1 aliphatic heterocycles. The van der Waals surface area contributed by atoms with Crippen LogP contribution in [0.25, 0.3) is 0 Å². The Hall–Kier alpha value is -0.645. The molecule has 0 N–H and O–H groups in total. The maximum atomic E-state index is 13.0. The molecule has 0 spiro atoms. The predicted octanol–water partition coefficient (Wildman–Crippen LogP) is 4.60. The van der Waals surface area contributed by atoms with Crippen LogP contribution in [0.5, 0.6) is 0 Å². The number of alkyl halides is 2. The Morgan fingerprint density at radius 3 is 2.36 bits per heavy atom.